The van der Waals surface area contributed by atoms with E-state index >= 15 is 0 Å². The molecule has 21 heavy (non-hydrogen) atoms. The molecule has 0 bridgehead atoms. The molecule has 1 aliphatic rings. The van der Waals surface area contributed by atoms with E-state index in [1.807, 2.05) is 6.92 Å². The van der Waals surface area contributed by atoms with Gasteiger partial charge in [0.1, 0.15) is 5.60 Å². The topological polar surface area (TPSA) is 26.3 Å². The number of carbonyl (C=O) groups excluding carboxylic acids is 1. The smallest absolute Gasteiger partial charge is 0.197 e. The van der Waals surface area contributed by atoms with Gasteiger partial charge < -0.3 is 4.74 Å². The van der Waals surface area contributed by atoms with Crippen molar-refractivity contribution in [1.82, 2.24) is 0 Å². The van der Waals surface area contributed by atoms with Gasteiger partial charge in [0, 0.05) is 6.61 Å². The lowest BCUT2D eigenvalue weighted by Crippen LogP contribution is -2.45. The summed E-state index contributed by atoms with van der Waals surface area (Å²) in [7, 11) is 0. The third kappa shape index (κ3) is 3.00. The molecular weight excluding hydrogens is 274 g/mol. The second-order valence-electron chi connectivity index (χ2n) is 6.00. The zero-order chi connectivity index (χ0) is 15.6. The first kappa shape index (κ1) is 16.1. The Kier molecular flexibility index (Phi) is 4.77. The third-order valence-electron chi connectivity index (χ3n) is 4.44. The number of hydrogen-bond donors (Lipinski definition) is 0. The van der Waals surface area contributed by atoms with Crippen molar-refractivity contribution < 1.29 is 18.3 Å². The average Bonchev–Trinajstić information content (AvgIpc) is 2.47. The molecule has 0 radical (unpaired) electrons. The normalized spacial score (nSPS) is 25.9. The number of halogens is 2. The SMILES string of the molecule is CCOC1(C(=O)c2ccc(C)c(F)c2F)CCC(C)CC1. The van der Waals surface area contributed by atoms with Crippen LogP contribution in [0.15, 0.2) is 12.1 Å². The monoisotopic (exact) mass is 296 g/mol. The van der Waals surface area contributed by atoms with Gasteiger partial charge in [-0.2, -0.15) is 0 Å². The molecule has 0 spiro atoms. The van der Waals surface area contributed by atoms with Gasteiger partial charge in [0.2, 0.25) is 0 Å². The van der Waals surface area contributed by atoms with Gasteiger partial charge in [0.15, 0.2) is 17.4 Å². The molecule has 0 aromatic heterocycles. The molecule has 2 nitrogen and oxygen atoms in total. The quantitative estimate of drug-likeness (QED) is 0.768. The van der Waals surface area contributed by atoms with Crippen LogP contribution in [0.4, 0.5) is 8.78 Å². The first-order valence-electron chi connectivity index (χ1n) is 7.54. The molecule has 1 fully saturated rings. The maximum Gasteiger partial charge on any atom is 0.197 e. The number of hydrogen-bond acceptors (Lipinski definition) is 2. The van der Waals surface area contributed by atoms with Crippen LogP contribution in [0.3, 0.4) is 0 Å². The van der Waals surface area contributed by atoms with Crippen LogP contribution >= 0.6 is 0 Å². The third-order valence-corrected chi connectivity index (χ3v) is 4.44. The van der Waals surface area contributed by atoms with E-state index in [-0.39, 0.29) is 11.1 Å². The van der Waals surface area contributed by atoms with Crippen molar-refractivity contribution >= 4 is 5.78 Å². The maximum absolute atomic E-state index is 14.1. The minimum Gasteiger partial charge on any atom is -0.367 e. The lowest BCUT2D eigenvalue weighted by Gasteiger charge is -2.37. The second-order valence-corrected chi connectivity index (χ2v) is 6.00. The van der Waals surface area contributed by atoms with Crippen LogP contribution in [0, 0.1) is 24.5 Å². The molecule has 0 atom stereocenters. The fourth-order valence-corrected chi connectivity index (χ4v) is 3.01. The zero-order valence-electron chi connectivity index (χ0n) is 12.8. The molecule has 1 aromatic rings. The molecule has 0 aliphatic heterocycles. The number of ether oxygens (including phenoxy) is 1. The van der Waals surface area contributed by atoms with Crippen LogP contribution in [-0.2, 0) is 4.74 Å². The first-order chi connectivity index (χ1) is 9.91. The van der Waals surface area contributed by atoms with Gasteiger partial charge in [-0.1, -0.05) is 13.0 Å². The van der Waals surface area contributed by atoms with Gasteiger partial charge in [-0.05, 0) is 57.1 Å². The number of benzene rings is 1. The lowest BCUT2D eigenvalue weighted by atomic mass is 9.75. The van der Waals surface area contributed by atoms with Crippen LogP contribution in [0.25, 0.3) is 0 Å². The molecule has 0 unspecified atom stereocenters. The molecule has 1 aromatic carbocycles. The van der Waals surface area contributed by atoms with E-state index in [9.17, 15) is 13.6 Å². The highest BCUT2D eigenvalue weighted by Gasteiger charge is 2.43. The Morgan fingerprint density at radius 2 is 1.90 bits per heavy atom. The Morgan fingerprint density at radius 3 is 2.48 bits per heavy atom. The molecule has 0 heterocycles. The summed E-state index contributed by atoms with van der Waals surface area (Å²) in [6.07, 6.45) is 2.86. The van der Waals surface area contributed by atoms with E-state index in [0.29, 0.717) is 25.4 Å². The van der Waals surface area contributed by atoms with Crippen LogP contribution in [0.1, 0.15) is 55.5 Å². The lowest BCUT2D eigenvalue weighted by molar-refractivity contribution is -0.0476. The Hall–Kier alpha value is -1.29. The van der Waals surface area contributed by atoms with Crippen LogP contribution in [0.2, 0.25) is 0 Å². The van der Waals surface area contributed by atoms with E-state index in [0.717, 1.165) is 12.8 Å². The minimum absolute atomic E-state index is 0.193. The molecule has 4 heteroatoms. The Morgan fingerprint density at radius 1 is 1.29 bits per heavy atom. The number of rotatable bonds is 4. The highest BCUT2D eigenvalue weighted by Crippen LogP contribution is 2.38. The van der Waals surface area contributed by atoms with Gasteiger partial charge in [0.25, 0.3) is 0 Å². The van der Waals surface area contributed by atoms with Gasteiger partial charge in [-0.15, -0.1) is 0 Å². The predicted molar refractivity (Wildman–Crippen MR) is 77.4 cm³/mol. The number of carbonyl (C=O) groups is 1. The largest absolute Gasteiger partial charge is 0.367 e. The molecule has 0 N–H and O–H groups in total. The first-order valence-corrected chi connectivity index (χ1v) is 7.54. The fraction of sp³-hybridized carbons (Fsp3) is 0.588. The zero-order valence-corrected chi connectivity index (χ0v) is 12.8. The molecule has 2 rings (SSSR count). The van der Waals surface area contributed by atoms with Crippen molar-refractivity contribution in [3.8, 4) is 0 Å². The number of aryl methyl sites for hydroxylation is 1. The fourth-order valence-electron chi connectivity index (χ4n) is 3.01. The maximum atomic E-state index is 14.1. The summed E-state index contributed by atoms with van der Waals surface area (Å²) >= 11 is 0. The predicted octanol–water partition coefficient (Wildman–Crippen LogP) is 4.44. The minimum atomic E-state index is -1.06. The summed E-state index contributed by atoms with van der Waals surface area (Å²) in [6, 6.07) is 2.81. The standard InChI is InChI=1S/C17H22F2O2/c1-4-21-17(9-7-11(2)8-10-17)16(20)13-6-5-12(3)14(18)15(13)19/h5-6,11H,4,7-10H2,1-3H3. The van der Waals surface area contributed by atoms with Crippen LogP contribution in [-0.4, -0.2) is 18.0 Å². The van der Waals surface area contributed by atoms with Crippen molar-refractivity contribution in [3.05, 3.63) is 34.9 Å². The van der Waals surface area contributed by atoms with Crippen molar-refractivity contribution in [2.45, 2.75) is 52.1 Å². The van der Waals surface area contributed by atoms with Crippen molar-refractivity contribution in [2.75, 3.05) is 6.61 Å². The average molecular weight is 296 g/mol. The summed E-state index contributed by atoms with van der Waals surface area (Å²) in [5.74, 6) is -1.90. The van der Waals surface area contributed by atoms with Crippen molar-refractivity contribution in [2.24, 2.45) is 5.92 Å². The van der Waals surface area contributed by atoms with E-state index in [2.05, 4.69) is 6.92 Å². The van der Waals surface area contributed by atoms with Gasteiger partial charge >= 0.3 is 0 Å². The van der Waals surface area contributed by atoms with Crippen LogP contribution in [0.5, 0.6) is 0 Å². The molecule has 116 valence electrons. The van der Waals surface area contributed by atoms with Crippen LogP contribution < -0.4 is 0 Å². The molecule has 1 aliphatic carbocycles. The summed E-state index contributed by atoms with van der Waals surface area (Å²) < 4.78 is 33.5. The summed E-state index contributed by atoms with van der Waals surface area (Å²) in [5.41, 5.74) is -0.989. The van der Waals surface area contributed by atoms with E-state index in [1.54, 1.807) is 0 Å². The highest BCUT2D eigenvalue weighted by atomic mass is 19.2. The van der Waals surface area contributed by atoms with Gasteiger partial charge in [0.05, 0.1) is 5.56 Å². The Labute approximate surface area is 124 Å². The van der Waals surface area contributed by atoms with Crippen molar-refractivity contribution in [1.29, 1.82) is 0 Å². The second kappa shape index (κ2) is 6.22. The Bertz CT molecular complexity index is 532. The molecule has 0 amide bonds. The van der Waals surface area contributed by atoms with Crippen molar-refractivity contribution in [3.63, 3.8) is 0 Å². The summed E-state index contributed by atoms with van der Waals surface area (Å²) in [4.78, 5) is 12.8. The molecule has 1 saturated carbocycles. The molecular formula is C17H22F2O2. The Balaban J connectivity index is 2.38. The number of Topliss-reactive ketones (excluding diaryl/α,β-unsaturated/α-hetero) is 1. The highest BCUT2D eigenvalue weighted by molar-refractivity contribution is 6.02. The summed E-state index contributed by atoms with van der Waals surface area (Å²) in [5, 5.41) is 0. The molecule has 0 saturated heterocycles. The van der Waals surface area contributed by atoms with E-state index in [1.165, 1.54) is 19.1 Å². The number of ketones is 1. The van der Waals surface area contributed by atoms with E-state index < -0.39 is 23.0 Å². The van der Waals surface area contributed by atoms with Gasteiger partial charge in [-0.25, -0.2) is 8.78 Å². The summed E-state index contributed by atoms with van der Waals surface area (Å²) in [6.45, 7) is 5.81. The van der Waals surface area contributed by atoms with E-state index in [4.69, 9.17) is 4.74 Å². The van der Waals surface area contributed by atoms with Gasteiger partial charge in [-0.3, -0.25) is 4.79 Å².